The van der Waals surface area contributed by atoms with E-state index in [0.717, 1.165) is 0 Å². The van der Waals surface area contributed by atoms with E-state index in [-0.39, 0.29) is 16.9 Å². The van der Waals surface area contributed by atoms with Crippen LogP contribution in [0, 0.1) is 10.1 Å². The molecule has 0 bridgehead atoms. The first-order valence-electron chi connectivity index (χ1n) is 7.65. The first-order chi connectivity index (χ1) is 13.1. The molecule has 0 aliphatic carbocycles. The summed E-state index contributed by atoms with van der Waals surface area (Å²) >= 11 is 0. The van der Waals surface area contributed by atoms with Crippen molar-refractivity contribution in [3.05, 3.63) is 69.8 Å². The number of carbonyl (C=O) groups excluding carboxylic acids is 2. The Labute approximate surface area is 156 Å². The molecule has 0 spiro atoms. The number of non-ortho nitro benzene ring substituents is 1. The number of hydrazone groups is 1. The lowest BCUT2D eigenvalue weighted by atomic mass is 10.1. The molecule has 0 fully saturated rings. The number of anilines is 1. The van der Waals surface area contributed by atoms with Gasteiger partial charge in [-0.2, -0.15) is 18.3 Å². The van der Waals surface area contributed by atoms with Gasteiger partial charge < -0.3 is 5.32 Å². The molecule has 8 nitrogen and oxygen atoms in total. The predicted molar refractivity (Wildman–Crippen MR) is 93.9 cm³/mol. The quantitative estimate of drug-likeness (QED) is 0.460. The maximum Gasteiger partial charge on any atom is 0.471 e. The fraction of sp³-hybridized carbons (Fsp3) is 0.118. The Hall–Kier alpha value is -3.76. The van der Waals surface area contributed by atoms with Crippen LogP contribution in [-0.4, -0.2) is 28.6 Å². The van der Waals surface area contributed by atoms with Crippen LogP contribution in [0.25, 0.3) is 0 Å². The molecule has 0 heterocycles. The van der Waals surface area contributed by atoms with Crippen molar-refractivity contribution in [3.63, 3.8) is 0 Å². The van der Waals surface area contributed by atoms with Crippen LogP contribution in [0.4, 0.5) is 24.5 Å². The minimum atomic E-state index is -4.99. The second-order valence-electron chi connectivity index (χ2n) is 5.47. The molecule has 146 valence electrons. The summed E-state index contributed by atoms with van der Waals surface area (Å²) in [4.78, 5) is 32.9. The summed E-state index contributed by atoms with van der Waals surface area (Å²) < 4.78 is 36.6. The highest BCUT2D eigenvalue weighted by Crippen LogP contribution is 2.18. The van der Waals surface area contributed by atoms with E-state index in [1.165, 1.54) is 48.5 Å². The number of nitrogens with zero attached hydrogens (tertiary/aromatic N) is 2. The van der Waals surface area contributed by atoms with Crippen molar-refractivity contribution in [2.45, 2.75) is 13.1 Å². The lowest BCUT2D eigenvalue weighted by Gasteiger charge is -2.08. The fourth-order valence-electron chi connectivity index (χ4n) is 1.99. The minimum absolute atomic E-state index is 0.0474. The zero-order valence-corrected chi connectivity index (χ0v) is 14.3. The van der Waals surface area contributed by atoms with E-state index in [1.54, 1.807) is 12.2 Å². The third-order valence-corrected chi connectivity index (χ3v) is 3.48. The highest BCUT2D eigenvalue weighted by atomic mass is 19.4. The van der Waals surface area contributed by atoms with Gasteiger partial charge in [0.05, 0.1) is 10.6 Å². The Kier molecular flexibility index (Phi) is 6.08. The molecule has 2 N–H and O–H groups in total. The van der Waals surface area contributed by atoms with E-state index >= 15 is 0 Å². The molecule has 0 radical (unpaired) electrons. The summed E-state index contributed by atoms with van der Waals surface area (Å²) in [6.07, 6.45) is -4.99. The van der Waals surface area contributed by atoms with E-state index in [2.05, 4.69) is 10.5 Å². The molecular formula is C17H13F3N4O4. The number of amides is 2. The number of alkyl halides is 3. The predicted octanol–water partition coefficient (Wildman–Crippen LogP) is 3.25. The molecule has 0 aliphatic rings. The Morgan fingerprint density at radius 2 is 1.54 bits per heavy atom. The van der Waals surface area contributed by atoms with Gasteiger partial charge in [0.25, 0.3) is 11.6 Å². The third kappa shape index (κ3) is 5.37. The van der Waals surface area contributed by atoms with Crippen molar-refractivity contribution >= 4 is 28.9 Å². The molecule has 0 saturated heterocycles. The van der Waals surface area contributed by atoms with Crippen molar-refractivity contribution < 1.29 is 27.7 Å². The number of hydrogen-bond donors (Lipinski definition) is 2. The Morgan fingerprint density at radius 1 is 1.00 bits per heavy atom. The normalized spacial score (nSPS) is 11.6. The molecule has 2 aromatic rings. The zero-order valence-electron chi connectivity index (χ0n) is 14.3. The lowest BCUT2D eigenvalue weighted by Crippen LogP contribution is -2.29. The molecule has 0 atom stereocenters. The zero-order chi connectivity index (χ0) is 20.9. The summed E-state index contributed by atoms with van der Waals surface area (Å²) in [5.74, 6) is -2.68. The molecule has 0 aliphatic heterocycles. The summed E-state index contributed by atoms with van der Waals surface area (Å²) in [5.41, 5.74) is 3.07. The number of carbonyl (C=O) groups is 2. The van der Waals surface area contributed by atoms with Crippen molar-refractivity contribution in [1.82, 2.24) is 5.43 Å². The minimum Gasteiger partial charge on any atom is -0.318 e. The van der Waals surface area contributed by atoms with Gasteiger partial charge >= 0.3 is 12.1 Å². The van der Waals surface area contributed by atoms with Gasteiger partial charge in [0.15, 0.2) is 0 Å². The van der Waals surface area contributed by atoms with Crippen molar-refractivity contribution in [2.75, 3.05) is 5.32 Å². The van der Waals surface area contributed by atoms with Crippen LogP contribution in [0.2, 0.25) is 0 Å². The second kappa shape index (κ2) is 8.29. The maximum atomic E-state index is 12.2. The average molecular weight is 394 g/mol. The van der Waals surface area contributed by atoms with Gasteiger partial charge in [0.2, 0.25) is 0 Å². The number of hydrogen-bond acceptors (Lipinski definition) is 5. The summed E-state index contributed by atoms with van der Waals surface area (Å²) in [5, 5.41) is 16.2. The molecule has 0 saturated carbocycles. The highest BCUT2D eigenvalue weighted by molar-refractivity contribution is 6.01. The van der Waals surface area contributed by atoms with Gasteiger partial charge in [-0.15, -0.1) is 0 Å². The number of halogens is 3. The Bertz CT molecular complexity index is 923. The largest absolute Gasteiger partial charge is 0.471 e. The van der Waals surface area contributed by atoms with Crippen LogP contribution in [0.15, 0.2) is 53.6 Å². The third-order valence-electron chi connectivity index (χ3n) is 3.48. The molecule has 0 aromatic heterocycles. The second-order valence-corrected chi connectivity index (χ2v) is 5.47. The van der Waals surface area contributed by atoms with Crippen molar-refractivity contribution in [3.8, 4) is 0 Å². The Balaban J connectivity index is 2.01. The summed E-state index contributed by atoms with van der Waals surface area (Å²) in [6.45, 7) is 1.55. The number of nitrogens with one attached hydrogen (secondary N) is 2. The van der Waals surface area contributed by atoms with E-state index in [4.69, 9.17) is 0 Å². The monoisotopic (exact) mass is 394 g/mol. The van der Waals surface area contributed by atoms with Crippen LogP contribution in [0.1, 0.15) is 22.8 Å². The molecule has 11 heteroatoms. The van der Waals surface area contributed by atoms with Gasteiger partial charge in [0.1, 0.15) is 0 Å². The Morgan fingerprint density at radius 3 is 2.04 bits per heavy atom. The summed E-state index contributed by atoms with van der Waals surface area (Å²) in [6, 6.07) is 10.3. The molecule has 2 amide bonds. The molecule has 2 aromatic carbocycles. The highest BCUT2D eigenvalue weighted by Gasteiger charge is 2.38. The fourth-order valence-corrected chi connectivity index (χ4v) is 1.99. The standard InChI is InChI=1S/C17H13F3N4O4/c1-10(11-2-6-13(7-3-11)21-16(26)17(18,19)20)22-23-15(25)12-4-8-14(9-5-12)24(27)28/h2-9H,1H3,(H,21,26)(H,23,25)/b22-10+. The van der Waals surface area contributed by atoms with Crippen LogP contribution >= 0.6 is 0 Å². The number of nitro groups is 1. The van der Waals surface area contributed by atoms with Crippen LogP contribution < -0.4 is 10.7 Å². The van der Waals surface area contributed by atoms with Crippen molar-refractivity contribution in [1.29, 1.82) is 0 Å². The van der Waals surface area contributed by atoms with E-state index in [1.807, 2.05) is 0 Å². The molecule has 0 unspecified atom stereocenters. The van der Waals surface area contributed by atoms with E-state index in [9.17, 15) is 32.9 Å². The first kappa shape index (κ1) is 20.6. The average Bonchev–Trinajstić information content (AvgIpc) is 2.65. The number of nitro benzene ring substituents is 1. The van der Waals surface area contributed by atoms with Gasteiger partial charge in [-0.05, 0) is 36.8 Å². The SMILES string of the molecule is C/C(=N\NC(=O)c1ccc([N+](=O)[O-])cc1)c1ccc(NC(=O)C(F)(F)F)cc1. The van der Waals surface area contributed by atoms with Crippen LogP contribution in [-0.2, 0) is 4.79 Å². The topological polar surface area (TPSA) is 114 Å². The van der Waals surface area contributed by atoms with Gasteiger partial charge in [0, 0.05) is 23.4 Å². The maximum absolute atomic E-state index is 12.2. The number of benzene rings is 2. The summed E-state index contributed by atoms with van der Waals surface area (Å²) in [7, 11) is 0. The van der Waals surface area contributed by atoms with Crippen molar-refractivity contribution in [2.24, 2.45) is 5.10 Å². The smallest absolute Gasteiger partial charge is 0.318 e. The van der Waals surface area contributed by atoms with E-state index < -0.39 is 22.9 Å². The van der Waals surface area contributed by atoms with Gasteiger partial charge in [-0.3, -0.25) is 19.7 Å². The number of rotatable bonds is 5. The lowest BCUT2D eigenvalue weighted by molar-refractivity contribution is -0.384. The first-order valence-corrected chi connectivity index (χ1v) is 7.65. The van der Waals surface area contributed by atoms with E-state index in [0.29, 0.717) is 11.3 Å². The molecular weight excluding hydrogens is 381 g/mol. The van der Waals surface area contributed by atoms with Crippen LogP contribution in [0.5, 0.6) is 0 Å². The van der Waals surface area contributed by atoms with Gasteiger partial charge in [-0.25, -0.2) is 5.43 Å². The molecule has 28 heavy (non-hydrogen) atoms. The molecule has 2 rings (SSSR count). The van der Waals surface area contributed by atoms with Gasteiger partial charge in [-0.1, -0.05) is 12.1 Å². The van der Waals surface area contributed by atoms with Crippen LogP contribution in [0.3, 0.4) is 0 Å².